The van der Waals surface area contributed by atoms with E-state index in [1.807, 2.05) is 0 Å². The molecule has 2 aromatic rings. The van der Waals surface area contributed by atoms with Crippen molar-refractivity contribution in [1.29, 1.82) is 0 Å². The lowest BCUT2D eigenvalue weighted by atomic mass is 10.1. The normalized spacial score (nSPS) is 14.8. The molecule has 1 saturated heterocycles. The van der Waals surface area contributed by atoms with Crippen molar-refractivity contribution in [2.24, 2.45) is 4.99 Å². The minimum atomic E-state index is 0. The van der Waals surface area contributed by atoms with E-state index in [1.165, 1.54) is 16.7 Å². The number of aliphatic imine (C=N–C) groups is 1. The number of aryl methyl sites for hydroxylation is 1. The molecule has 0 amide bonds. The van der Waals surface area contributed by atoms with Crippen molar-refractivity contribution in [3.05, 3.63) is 71.3 Å². The third-order valence-corrected chi connectivity index (χ3v) is 5.04. The number of nitrogens with zero attached hydrogens (tertiary/aromatic N) is 2. The van der Waals surface area contributed by atoms with E-state index in [1.54, 1.807) is 0 Å². The van der Waals surface area contributed by atoms with Gasteiger partial charge in [0.2, 0.25) is 0 Å². The first-order valence-corrected chi connectivity index (χ1v) is 10.8. The lowest BCUT2D eigenvalue weighted by molar-refractivity contribution is 0.0342. The molecule has 0 aliphatic carbocycles. The summed E-state index contributed by atoms with van der Waals surface area (Å²) in [5.74, 6) is 0.888. The van der Waals surface area contributed by atoms with E-state index in [0.29, 0.717) is 6.54 Å². The molecule has 1 aliphatic heterocycles. The van der Waals surface area contributed by atoms with Crippen LogP contribution in [0.1, 0.15) is 30.0 Å². The van der Waals surface area contributed by atoms with E-state index >= 15 is 0 Å². The minimum absolute atomic E-state index is 0. The summed E-state index contributed by atoms with van der Waals surface area (Å²) in [5.41, 5.74) is 3.98. The number of morpholine rings is 1. The van der Waals surface area contributed by atoms with Gasteiger partial charge in [-0.25, -0.2) is 4.99 Å². The maximum Gasteiger partial charge on any atom is 0.191 e. The van der Waals surface area contributed by atoms with E-state index in [-0.39, 0.29) is 24.0 Å². The molecule has 2 N–H and O–H groups in total. The third-order valence-electron chi connectivity index (χ3n) is 5.04. The predicted molar refractivity (Wildman–Crippen MR) is 136 cm³/mol. The lowest BCUT2D eigenvalue weighted by Gasteiger charge is -2.26. The molecule has 5 nitrogen and oxygen atoms in total. The summed E-state index contributed by atoms with van der Waals surface area (Å²) >= 11 is 0. The average molecular weight is 522 g/mol. The Balaban J connectivity index is 0.00000320. The highest BCUT2D eigenvalue weighted by molar-refractivity contribution is 14.0. The number of hydrogen-bond acceptors (Lipinski definition) is 3. The number of rotatable bonds is 9. The summed E-state index contributed by atoms with van der Waals surface area (Å²) in [5, 5.41) is 6.81. The zero-order valence-corrected chi connectivity index (χ0v) is 20.3. The minimum Gasteiger partial charge on any atom is -0.379 e. The lowest BCUT2D eigenvalue weighted by Crippen LogP contribution is -2.37. The van der Waals surface area contributed by atoms with Gasteiger partial charge in [-0.1, -0.05) is 54.6 Å². The highest BCUT2D eigenvalue weighted by Gasteiger charge is 2.10. The monoisotopic (exact) mass is 522 g/mol. The van der Waals surface area contributed by atoms with Gasteiger partial charge < -0.3 is 15.4 Å². The number of ether oxygens (including phenoxy) is 1. The van der Waals surface area contributed by atoms with Crippen molar-refractivity contribution < 1.29 is 4.74 Å². The molecule has 1 heterocycles. The second-order valence-corrected chi connectivity index (χ2v) is 7.42. The van der Waals surface area contributed by atoms with Gasteiger partial charge >= 0.3 is 0 Å². The van der Waals surface area contributed by atoms with Gasteiger partial charge in [0.25, 0.3) is 0 Å². The Hall–Kier alpha value is -1.64. The number of nitrogens with one attached hydrogen (secondary N) is 2. The number of halogens is 1. The molecule has 3 rings (SSSR count). The second-order valence-electron chi connectivity index (χ2n) is 7.42. The van der Waals surface area contributed by atoms with Gasteiger partial charge in [0.15, 0.2) is 5.96 Å². The first-order valence-electron chi connectivity index (χ1n) is 10.8. The van der Waals surface area contributed by atoms with Gasteiger partial charge in [-0.2, -0.15) is 0 Å². The van der Waals surface area contributed by atoms with Crippen molar-refractivity contribution in [2.45, 2.75) is 32.9 Å². The first kappa shape index (κ1) is 24.6. The molecule has 1 fully saturated rings. The molecule has 6 heteroatoms. The van der Waals surface area contributed by atoms with Crippen LogP contribution in [-0.4, -0.2) is 50.3 Å². The van der Waals surface area contributed by atoms with Gasteiger partial charge in [0, 0.05) is 32.7 Å². The molecule has 2 aromatic carbocycles. The van der Waals surface area contributed by atoms with E-state index in [9.17, 15) is 0 Å². The largest absolute Gasteiger partial charge is 0.379 e. The van der Waals surface area contributed by atoms with Crippen molar-refractivity contribution in [2.75, 3.05) is 39.4 Å². The van der Waals surface area contributed by atoms with Crippen molar-refractivity contribution in [1.82, 2.24) is 15.5 Å². The summed E-state index contributed by atoms with van der Waals surface area (Å²) < 4.78 is 5.44. The Morgan fingerprint density at radius 1 is 0.967 bits per heavy atom. The molecule has 0 spiro atoms. The first-order chi connectivity index (χ1) is 14.3. The van der Waals surface area contributed by atoms with Crippen LogP contribution in [-0.2, 0) is 24.2 Å². The number of benzene rings is 2. The van der Waals surface area contributed by atoms with Crippen LogP contribution < -0.4 is 10.6 Å². The fraction of sp³-hybridized carbons (Fsp3) is 0.458. The molecule has 0 saturated carbocycles. The molecule has 1 aliphatic rings. The maximum absolute atomic E-state index is 5.44. The highest BCUT2D eigenvalue weighted by atomic mass is 127. The quantitative estimate of drug-likeness (QED) is 0.228. The summed E-state index contributed by atoms with van der Waals surface area (Å²) in [6, 6.07) is 19.4. The zero-order chi connectivity index (χ0) is 20.2. The Kier molecular flexibility index (Phi) is 11.8. The van der Waals surface area contributed by atoms with Crippen LogP contribution in [0.5, 0.6) is 0 Å². The number of guanidine groups is 1. The Bertz CT molecular complexity index is 748. The van der Waals surface area contributed by atoms with Crippen LogP contribution in [0.4, 0.5) is 0 Å². The third kappa shape index (κ3) is 9.02. The standard InChI is InChI=1S/C24H34N4O.HI/c1-2-25-24(26-13-7-12-21-8-4-3-5-9-21)27-19-22-10-6-11-23(18-22)20-28-14-16-29-17-15-28;/h3-6,8-11,18H,2,7,12-17,19-20H2,1H3,(H2,25,26,27);1H. The fourth-order valence-corrected chi connectivity index (χ4v) is 3.50. The van der Waals surface area contributed by atoms with Crippen LogP contribution in [0.2, 0.25) is 0 Å². The van der Waals surface area contributed by atoms with E-state index < -0.39 is 0 Å². The number of hydrogen-bond donors (Lipinski definition) is 2. The SMILES string of the molecule is CCNC(=NCc1cccc(CN2CCOCC2)c1)NCCCc1ccccc1.I. The average Bonchev–Trinajstić information content (AvgIpc) is 2.77. The molecule has 0 radical (unpaired) electrons. The summed E-state index contributed by atoms with van der Waals surface area (Å²) in [6.45, 7) is 9.25. The van der Waals surface area contributed by atoms with Crippen molar-refractivity contribution in [3.8, 4) is 0 Å². The van der Waals surface area contributed by atoms with Crippen LogP contribution >= 0.6 is 24.0 Å². The van der Waals surface area contributed by atoms with Crippen LogP contribution in [0.15, 0.2) is 59.6 Å². The molecular weight excluding hydrogens is 487 g/mol. The van der Waals surface area contributed by atoms with Gasteiger partial charge in [-0.3, -0.25) is 4.90 Å². The molecular formula is C24H35IN4O. The van der Waals surface area contributed by atoms with Gasteiger partial charge in [-0.15, -0.1) is 24.0 Å². The van der Waals surface area contributed by atoms with E-state index in [0.717, 1.165) is 64.7 Å². The van der Waals surface area contributed by atoms with Crippen LogP contribution in [0, 0.1) is 0 Å². The Morgan fingerprint density at radius 3 is 2.47 bits per heavy atom. The van der Waals surface area contributed by atoms with Gasteiger partial charge in [0.05, 0.1) is 19.8 Å². The van der Waals surface area contributed by atoms with Crippen LogP contribution in [0.3, 0.4) is 0 Å². The van der Waals surface area contributed by atoms with Crippen molar-refractivity contribution >= 4 is 29.9 Å². The smallest absolute Gasteiger partial charge is 0.191 e. The zero-order valence-electron chi connectivity index (χ0n) is 18.0. The van der Waals surface area contributed by atoms with Gasteiger partial charge in [0.1, 0.15) is 0 Å². The van der Waals surface area contributed by atoms with E-state index in [4.69, 9.17) is 9.73 Å². The maximum atomic E-state index is 5.44. The van der Waals surface area contributed by atoms with Crippen LogP contribution in [0.25, 0.3) is 0 Å². The Labute approximate surface area is 198 Å². The molecule has 0 bridgehead atoms. The molecule has 0 atom stereocenters. The van der Waals surface area contributed by atoms with Crippen molar-refractivity contribution in [3.63, 3.8) is 0 Å². The topological polar surface area (TPSA) is 48.9 Å². The van der Waals surface area contributed by atoms with Gasteiger partial charge in [-0.05, 0) is 36.5 Å². The van der Waals surface area contributed by atoms with E-state index in [2.05, 4.69) is 77.1 Å². The predicted octanol–water partition coefficient (Wildman–Crippen LogP) is 3.82. The fourth-order valence-electron chi connectivity index (χ4n) is 3.50. The molecule has 0 aromatic heterocycles. The second kappa shape index (κ2) is 14.4. The highest BCUT2D eigenvalue weighted by Crippen LogP contribution is 2.11. The summed E-state index contributed by atoms with van der Waals surface area (Å²) in [7, 11) is 0. The molecule has 164 valence electrons. The summed E-state index contributed by atoms with van der Waals surface area (Å²) in [4.78, 5) is 7.23. The molecule has 30 heavy (non-hydrogen) atoms. The summed E-state index contributed by atoms with van der Waals surface area (Å²) in [6.07, 6.45) is 2.17. The molecule has 0 unspecified atom stereocenters. The Morgan fingerprint density at radius 2 is 1.70 bits per heavy atom.